The van der Waals surface area contributed by atoms with Crippen molar-refractivity contribution < 1.29 is 5.82 Å². The Labute approximate surface area is 48.4 Å². The van der Waals surface area contributed by atoms with Crippen LogP contribution in [-0.4, -0.2) is 0 Å². The maximum Gasteiger partial charge on any atom is 0.123 e. The first kappa shape index (κ1) is 5.09. The van der Waals surface area contributed by atoms with Gasteiger partial charge < -0.3 is 5.73 Å². The van der Waals surface area contributed by atoms with Gasteiger partial charge in [-0.1, -0.05) is 0 Å². The molecule has 0 heterocycles. The molecular formula is C6H8FN. The molecule has 0 saturated carbocycles. The van der Waals surface area contributed by atoms with E-state index in [1.807, 2.05) is 0 Å². The Morgan fingerprint density at radius 1 is 1.25 bits per heavy atom. The van der Waals surface area contributed by atoms with Gasteiger partial charge in [-0.25, -0.2) is 4.39 Å². The highest BCUT2D eigenvalue weighted by atomic mass is 19.1. The molecule has 0 aromatic heterocycles. The lowest BCUT2D eigenvalue weighted by Gasteiger charge is -1.87. The molecule has 0 radical (unpaired) electrons. The number of anilines is 1. The SMILES string of the molecule is Nc1ccc(F)cc1.[HH]. The second-order valence-electron chi connectivity index (χ2n) is 1.55. The summed E-state index contributed by atoms with van der Waals surface area (Å²) in [6.45, 7) is 0. The third-order valence-electron chi connectivity index (χ3n) is 0.870. The Morgan fingerprint density at radius 3 is 2.12 bits per heavy atom. The first-order valence-electron chi connectivity index (χ1n) is 2.30. The van der Waals surface area contributed by atoms with Gasteiger partial charge in [0.15, 0.2) is 0 Å². The quantitative estimate of drug-likeness (QED) is 0.508. The van der Waals surface area contributed by atoms with Crippen LogP contribution >= 0.6 is 0 Å². The largest absolute Gasteiger partial charge is 0.399 e. The molecule has 0 aliphatic rings. The van der Waals surface area contributed by atoms with Crippen LogP contribution in [0.25, 0.3) is 0 Å². The molecule has 0 amide bonds. The molecule has 0 spiro atoms. The van der Waals surface area contributed by atoms with Crippen LogP contribution in [0.2, 0.25) is 0 Å². The van der Waals surface area contributed by atoms with Crippen molar-refractivity contribution in [3.63, 3.8) is 0 Å². The van der Waals surface area contributed by atoms with E-state index in [2.05, 4.69) is 0 Å². The molecule has 1 aromatic carbocycles. The van der Waals surface area contributed by atoms with Crippen LogP contribution in [0.4, 0.5) is 10.1 Å². The summed E-state index contributed by atoms with van der Waals surface area (Å²) in [5.41, 5.74) is 5.85. The predicted molar refractivity (Wildman–Crippen MR) is 32.9 cm³/mol. The van der Waals surface area contributed by atoms with Gasteiger partial charge in [-0.05, 0) is 24.3 Å². The third-order valence-corrected chi connectivity index (χ3v) is 0.870. The number of hydrogen-bond acceptors (Lipinski definition) is 1. The average molecular weight is 113 g/mol. The van der Waals surface area contributed by atoms with E-state index >= 15 is 0 Å². The van der Waals surface area contributed by atoms with E-state index < -0.39 is 0 Å². The minimum Gasteiger partial charge on any atom is -0.399 e. The number of benzene rings is 1. The maximum absolute atomic E-state index is 12.0. The highest BCUT2D eigenvalue weighted by molar-refractivity contribution is 5.36. The summed E-state index contributed by atoms with van der Waals surface area (Å²) in [5.74, 6) is -0.251. The number of nitrogen functional groups attached to an aromatic ring is 1. The molecule has 2 heteroatoms. The molecule has 0 aliphatic carbocycles. The Bertz CT molecular complexity index is 152. The van der Waals surface area contributed by atoms with Crippen LogP contribution in [0.5, 0.6) is 0 Å². The van der Waals surface area contributed by atoms with E-state index in [1.54, 1.807) is 0 Å². The van der Waals surface area contributed by atoms with Gasteiger partial charge >= 0.3 is 0 Å². The van der Waals surface area contributed by atoms with Gasteiger partial charge in [-0.2, -0.15) is 0 Å². The Hall–Kier alpha value is -1.05. The minimum atomic E-state index is -0.251. The van der Waals surface area contributed by atoms with Crippen molar-refractivity contribution in [3.05, 3.63) is 30.1 Å². The normalized spacial score (nSPS) is 9.12. The van der Waals surface area contributed by atoms with Gasteiger partial charge in [-0.3, -0.25) is 0 Å². The van der Waals surface area contributed by atoms with Crippen molar-refractivity contribution in [3.8, 4) is 0 Å². The fourth-order valence-corrected chi connectivity index (χ4v) is 0.463. The van der Waals surface area contributed by atoms with Gasteiger partial charge in [0.1, 0.15) is 5.82 Å². The van der Waals surface area contributed by atoms with Gasteiger partial charge in [0, 0.05) is 7.11 Å². The number of halogens is 1. The molecule has 1 rings (SSSR count). The number of rotatable bonds is 0. The zero-order valence-corrected chi connectivity index (χ0v) is 4.26. The molecule has 0 aliphatic heterocycles. The average Bonchev–Trinajstić information content (AvgIpc) is 1.77. The van der Waals surface area contributed by atoms with E-state index in [0.717, 1.165) is 0 Å². The summed E-state index contributed by atoms with van der Waals surface area (Å²) in [7, 11) is 0. The standard InChI is InChI=1S/C6H6FN.H2/c7-5-1-3-6(8)4-2-5;/h1-4H,8H2;1H. The van der Waals surface area contributed by atoms with Crippen molar-refractivity contribution in [1.82, 2.24) is 0 Å². The second-order valence-corrected chi connectivity index (χ2v) is 1.55. The van der Waals surface area contributed by atoms with Crippen molar-refractivity contribution in [2.45, 2.75) is 0 Å². The topological polar surface area (TPSA) is 26.0 Å². The first-order chi connectivity index (χ1) is 3.79. The van der Waals surface area contributed by atoms with Gasteiger partial charge in [0.05, 0.1) is 0 Å². The summed E-state index contributed by atoms with van der Waals surface area (Å²) in [4.78, 5) is 0. The van der Waals surface area contributed by atoms with Gasteiger partial charge in [0.2, 0.25) is 0 Å². The van der Waals surface area contributed by atoms with Crippen LogP contribution in [0.15, 0.2) is 24.3 Å². The van der Waals surface area contributed by atoms with Crippen LogP contribution in [-0.2, 0) is 0 Å². The van der Waals surface area contributed by atoms with Crippen molar-refractivity contribution >= 4 is 5.69 Å². The van der Waals surface area contributed by atoms with E-state index in [-0.39, 0.29) is 7.24 Å². The fraction of sp³-hybridized carbons (Fsp3) is 0. The van der Waals surface area contributed by atoms with Crippen LogP contribution in [0, 0.1) is 5.82 Å². The minimum absolute atomic E-state index is 0. The van der Waals surface area contributed by atoms with Crippen molar-refractivity contribution in [1.29, 1.82) is 0 Å². The molecule has 0 bridgehead atoms. The zero-order valence-electron chi connectivity index (χ0n) is 4.26. The monoisotopic (exact) mass is 113 g/mol. The molecule has 0 fully saturated rings. The molecule has 2 N–H and O–H groups in total. The van der Waals surface area contributed by atoms with E-state index in [1.165, 1.54) is 24.3 Å². The fourth-order valence-electron chi connectivity index (χ4n) is 0.463. The lowest BCUT2D eigenvalue weighted by atomic mass is 10.3. The molecule has 1 nitrogen and oxygen atoms in total. The Kier molecular flexibility index (Phi) is 1.16. The van der Waals surface area contributed by atoms with Gasteiger partial charge in [-0.15, -0.1) is 0 Å². The highest BCUT2D eigenvalue weighted by Gasteiger charge is 1.83. The molecule has 0 atom stereocenters. The molecule has 0 unspecified atom stereocenters. The second kappa shape index (κ2) is 1.82. The van der Waals surface area contributed by atoms with Crippen LogP contribution in [0.1, 0.15) is 1.43 Å². The Morgan fingerprint density at radius 2 is 1.75 bits per heavy atom. The molecule has 8 heavy (non-hydrogen) atoms. The summed E-state index contributed by atoms with van der Waals surface area (Å²) < 4.78 is 12.0. The van der Waals surface area contributed by atoms with Crippen LogP contribution in [0.3, 0.4) is 0 Å². The smallest absolute Gasteiger partial charge is 0.123 e. The summed E-state index contributed by atoms with van der Waals surface area (Å²) in [6.07, 6.45) is 0. The van der Waals surface area contributed by atoms with Crippen LogP contribution < -0.4 is 5.73 Å². The molecule has 0 saturated heterocycles. The lowest BCUT2D eigenvalue weighted by molar-refractivity contribution is 0.628. The van der Waals surface area contributed by atoms with Gasteiger partial charge in [0.25, 0.3) is 0 Å². The number of hydrogen-bond donors (Lipinski definition) is 1. The van der Waals surface area contributed by atoms with E-state index in [9.17, 15) is 4.39 Å². The third kappa shape index (κ3) is 0.964. The van der Waals surface area contributed by atoms with E-state index in [4.69, 9.17) is 5.73 Å². The number of nitrogens with two attached hydrogens (primary N) is 1. The van der Waals surface area contributed by atoms with E-state index in [0.29, 0.717) is 5.69 Å². The highest BCUT2D eigenvalue weighted by Crippen LogP contribution is 2.01. The van der Waals surface area contributed by atoms with Crippen molar-refractivity contribution in [2.75, 3.05) is 5.73 Å². The van der Waals surface area contributed by atoms with Crippen molar-refractivity contribution in [2.24, 2.45) is 0 Å². The summed E-state index contributed by atoms with van der Waals surface area (Å²) in [5, 5.41) is 0. The first-order valence-corrected chi connectivity index (χ1v) is 2.30. The zero-order chi connectivity index (χ0) is 5.98. The summed E-state index contributed by atoms with van der Waals surface area (Å²) >= 11 is 0. The molecular weight excluding hydrogens is 105 g/mol. The maximum atomic E-state index is 12.0. The lowest BCUT2D eigenvalue weighted by Crippen LogP contribution is -1.82. The Balaban J connectivity index is 0.000000640. The summed E-state index contributed by atoms with van der Waals surface area (Å²) in [6, 6.07) is 5.70. The predicted octanol–water partition coefficient (Wildman–Crippen LogP) is 1.65. The molecule has 1 aromatic rings. The molecule has 44 valence electrons.